The van der Waals surface area contributed by atoms with Crippen LogP contribution in [0.2, 0.25) is 0 Å². The summed E-state index contributed by atoms with van der Waals surface area (Å²) in [5.74, 6) is 0.679. The van der Waals surface area contributed by atoms with Crippen molar-refractivity contribution >= 4 is 21.6 Å². The zero-order chi connectivity index (χ0) is 23.0. The largest absolute Gasteiger partial charge is 0.490 e. The summed E-state index contributed by atoms with van der Waals surface area (Å²) in [5, 5.41) is 2.78. The molecule has 2 rings (SSSR count). The summed E-state index contributed by atoms with van der Waals surface area (Å²) >= 11 is 0. The van der Waals surface area contributed by atoms with E-state index < -0.39 is 10.0 Å². The number of hydrogen-bond acceptors (Lipinski definition) is 5. The zero-order valence-electron chi connectivity index (χ0n) is 18.9. The first-order valence-corrected chi connectivity index (χ1v) is 11.9. The maximum atomic E-state index is 12.9. The third-order valence-electron chi connectivity index (χ3n) is 4.93. The lowest BCUT2D eigenvalue weighted by Crippen LogP contribution is -2.31. The van der Waals surface area contributed by atoms with E-state index in [1.165, 1.54) is 10.4 Å². The number of anilines is 1. The Bertz CT molecular complexity index is 1000. The maximum Gasteiger partial charge on any atom is 0.262 e. The van der Waals surface area contributed by atoms with E-state index in [4.69, 9.17) is 9.47 Å². The van der Waals surface area contributed by atoms with Gasteiger partial charge in [-0.05, 0) is 55.7 Å². The van der Waals surface area contributed by atoms with Crippen LogP contribution in [0.25, 0.3) is 0 Å². The average Bonchev–Trinajstić information content (AvgIpc) is 2.75. The Labute approximate surface area is 185 Å². The lowest BCUT2D eigenvalue weighted by Gasteiger charge is -2.20. The van der Waals surface area contributed by atoms with Crippen molar-refractivity contribution in [2.24, 2.45) is 0 Å². The minimum Gasteiger partial charge on any atom is -0.490 e. The molecule has 0 radical (unpaired) electrons. The van der Waals surface area contributed by atoms with Crippen molar-refractivity contribution in [3.05, 3.63) is 47.5 Å². The number of para-hydroxylation sites is 2. The molecule has 0 atom stereocenters. The summed E-state index contributed by atoms with van der Waals surface area (Å²) in [7, 11) is -3.63. The molecule has 31 heavy (non-hydrogen) atoms. The number of aryl methyl sites for hydroxylation is 1. The summed E-state index contributed by atoms with van der Waals surface area (Å²) < 4.78 is 38.5. The number of hydrogen-bond donors (Lipinski definition) is 1. The van der Waals surface area contributed by atoms with Crippen molar-refractivity contribution in [1.29, 1.82) is 0 Å². The van der Waals surface area contributed by atoms with E-state index >= 15 is 0 Å². The van der Waals surface area contributed by atoms with Gasteiger partial charge in [0.15, 0.2) is 18.1 Å². The zero-order valence-corrected chi connectivity index (χ0v) is 19.7. The number of carbonyl (C=O) groups excluding carboxylic acids is 1. The van der Waals surface area contributed by atoms with E-state index in [-0.39, 0.29) is 17.4 Å². The Morgan fingerprint density at radius 3 is 2.19 bits per heavy atom. The van der Waals surface area contributed by atoms with Crippen LogP contribution >= 0.6 is 0 Å². The molecule has 2 aromatic rings. The first kappa shape index (κ1) is 24.7. The molecule has 0 spiro atoms. The van der Waals surface area contributed by atoms with Crippen molar-refractivity contribution in [1.82, 2.24) is 4.31 Å². The van der Waals surface area contributed by atoms with Gasteiger partial charge in [-0.3, -0.25) is 4.79 Å². The van der Waals surface area contributed by atoms with E-state index in [2.05, 4.69) is 5.32 Å². The summed E-state index contributed by atoms with van der Waals surface area (Å²) in [6.07, 6.45) is 0.861. The second-order valence-electron chi connectivity index (χ2n) is 7.13. The number of nitrogens with zero attached hydrogens (tertiary/aromatic N) is 1. The monoisotopic (exact) mass is 448 g/mol. The van der Waals surface area contributed by atoms with Crippen LogP contribution < -0.4 is 14.8 Å². The Balaban J connectivity index is 2.18. The van der Waals surface area contributed by atoms with Crippen LogP contribution in [0.1, 0.15) is 38.3 Å². The summed E-state index contributed by atoms with van der Waals surface area (Å²) in [5.41, 5.74) is 2.04. The fourth-order valence-corrected chi connectivity index (χ4v) is 4.62. The van der Waals surface area contributed by atoms with Gasteiger partial charge in [-0.15, -0.1) is 0 Å². The molecule has 1 amide bonds. The van der Waals surface area contributed by atoms with Crippen LogP contribution in [-0.2, 0) is 14.8 Å². The van der Waals surface area contributed by atoms with Crippen LogP contribution in [0, 0.1) is 13.8 Å². The van der Waals surface area contributed by atoms with Crippen LogP contribution in [-0.4, -0.2) is 44.9 Å². The SMILES string of the molecule is CCCOc1ccccc1OCC(=O)Nc1cc(S(=O)(=O)N(CC)CC)cc(C)c1C. The van der Waals surface area contributed by atoms with Gasteiger partial charge >= 0.3 is 0 Å². The molecule has 0 unspecified atom stereocenters. The third-order valence-corrected chi connectivity index (χ3v) is 6.96. The number of rotatable bonds is 11. The fraction of sp³-hybridized carbons (Fsp3) is 0.435. The molecule has 2 aromatic carbocycles. The highest BCUT2D eigenvalue weighted by atomic mass is 32.2. The predicted molar refractivity (Wildman–Crippen MR) is 122 cm³/mol. The molecule has 0 aliphatic rings. The van der Waals surface area contributed by atoms with Crippen LogP contribution in [0.3, 0.4) is 0 Å². The van der Waals surface area contributed by atoms with E-state index in [1.807, 2.05) is 26.8 Å². The van der Waals surface area contributed by atoms with Gasteiger partial charge in [-0.1, -0.05) is 32.9 Å². The maximum absolute atomic E-state index is 12.9. The number of amides is 1. The number of nitrogens with one attached hydrogen (secondary N) is 1. The minimum atomic E-state index is -3.63. The molecule has 170 valence electrons. The average molecular weight is 449 g/mol. The minimum absolute atomic E-state index is 0.161. The second kappa shape index (κ2) is 11.2. The van der Waals surface area contributed by atoms with E-state index in [0.717, 1.165) is 17.5 Å². The standard InChI is InChI=1S/C23H32N2O5S/c1-6-13-29-21-11-9-10-12-22(21)30-16-23(26)24-20-15-19(14-17(4)18(20)5)31(27,28)25(7-2)8-3/h9-12,14-15H,6-8,13,16H2,1-5H3,(H,24,26). The molecule has 7 nitrogen and oxygen atoms in total. The number of benzene rings is 2. The molecule has 0 bridgehead atoms. The van der Waals surface area contributed by atoms with Crippen molar-refractivity contribution in [3.8, 4) is 11.5 Å². The normalized spacial score (nSPS) is 11.4. The van der Waals surface area contributed by atoms with Gasteiger partial charge < -0.3 is 14.8 Å². The molecule has 0 fully saturated rings. The highest BCUT2D eigenvalue weighted by Gasteiger charge is 2.23. The highest BCUT2D eigenvalue weighted by molar-refractivity contribution is 7.89. The van der Waals surface area contributed by atoms with E-state index in [9.17, 15) is 13.2 Å². The van der Waals surface area contributed by atoms with Gasteiger partial charge in [0.2, 0.25) is 10.0 Å². The lowest BCUT2D eigenvalue weighted by atomic mass is 10.1. The van der Waals surface area contributed by atoms with Crippen LogP contribution in [0.5, 0.6) is 11.5 Å². The molecular weight excluding hydrogens is 416 g/mol. The van der Waals surface area contributed by atoms with Crippen molar-refractivity contribution in [3.63, 3.8) is 0 Å². The van der Waals surface area contributed by atoms with Gasteiger partial charge in [0.25, 0.3) is 5.91 Å². The van der Waals surface area contributed by atoms with Crippen molar-refractivity contribution in [2.45, 2.75) is 45.9 Å². The molecule has 0 aliphatic carbocycles. The molecule has 8 heteroatoms. The Hall–Kier alpha value is -2.58. The first-order chi connectivity index (χ1) is 14.7. The van der Waals surface area contributed by atoms with Crippen LogP contribution in [0.4, 0.5) is 5.69 Å². The fourth-order valence-electron chi connectivity index (χ4n) is 3.05. The molecule has 1 N–H and O–H groups in total. The summed E-state index contributed by atoms with van der Waals surface area (Å²) in [6, 6.07) is 10.3. The lowest BCUT2D eigenvalue weighted by molar-refractivity contribution is -0.118. The van der Waals surface area contributed by atoms with Gasteiger partial charge in [0, 0.05) is 18.8 Å². The number of sulfonamides is 1. The summed E-state index contributed by atoms with van der Waals surface area (Å²) in [4.78, 5) is 12.7. The van der Waals surface area contributed by atoms with Crippen molar-refractivity contribution in [2.75, 3.05) is 31.6 Å². The van der Waals surface area contributed by atoms with Gasteiger partial charge in [0.1, 0.15) is 0 Å². The summed E-state index contributed by atoms with van der Waals surface area (Å²) in [6.45, 7) is 10.3. The van der Waals surface area contributed by atoms with E-state index in [0.29, 0.717) is 36.9 Å². The van der Waals surface area contributed by atoms with Gasteiger partial charge in [-0.25, -0.2) is 8.42 Å². The second-order valence-corrected chi connectivity index (χ2v) is 9.07. The third kappa shape index (κ3) is 6.21. The molecular formula is C23H32N2O5S. The molecule has 0 saturated heterocycles. The van der Waals surface area contributed by atoms with Gasteiger partial charge in [-0.2, -0.15) is 4.31 Å². The Kier molecular flexibility index (Phi) is 8.88. The topological polar surface area (TPSA) is 84.9 Å². The predicted octanol–water partition coefficient (Wildman–Crippen LogP) is 4.14. The molecule has 0 saturated carbocycles. The first-order valence-electron chi connectivity index (χ1n) is 10.5. The Morgan fingerprint density at radius 2 is 1.61 bits per heavy atom. The highest BCUT2D eigenvalue weighted by Crippen LogP contribution is 2.28. The number of carbonyl (C=O) groups is 1. The molecule has 0 aromatic heterocycles. The van der Waals surface area contributed by atoms with Crippen LogP contribution in [0.15, 0.2) is 41.3 Å². The smallest absolute Gasteiger partial charge is 0.262 e. The Morgan fingerprint density at radius 1 is 1.00 bits per heavy atom. The molecule has 0 heterocycles. The van der Waals surface area contributed by atoms with E-state index in [1.54, 1.807) is 38.1 Å². The van der Waals surface area contributed by atoms with Crippen molar-refractivity contribution < 1.29 is 22.7 Å². The quantitative estimate of drug-likeness (QED) is 0.558. The van der Waals surface area contributed by atoms with Gasteiger partial charge in [0.05, 0.1) is 11.5 Å². The molecule has 0 aliphatic heterocycles. The number of ether oxygens (including phenoxy) is 2.